The third kappa shape index (κ3) is 2.92. The molecule has 0 radical (unpaired) electrons. The van der Waals surface area contributed by atoms with Crippen LogP contribution < -0.4 is 5.73 Å². The highest BCUT2D eigenvalue weighted by Gasteiger charge is 2.33. The van der Waals surface area contributed by atoms with Crippen molar-refractivity contribution in [2.24, 2.45) is 5.73 Å². The molecular formula is C13H23N3O2S2. The van der Waals surface area contributed by atoms with Gasteiger partial charge in [0, 0.05) is 31.1 Å². The van der Waals surface area contributed by atoms with E-state index < -0.39 is 10.0 Å². The average Bonchev–Trinajstić information content (AvgIpc) is 2.79. The van der Waals surface area contributed by atoms with E-state index in [2.05, 4.69) is 4.90 Å². The lowest BCUT2D eigenvalue weighted by atomic mass is 10.1. The lowest BCUT2D eigenvalue weighted by molar-refractivity contribution is 0.187. The van der Waals surface area contributed by atoms with Crippen LogP contribution in [0.4, 0.5) is 0 Å². The fourth-order valence-electron chi connectivity index (χ4n) is 2.75. The molecule has 20 heavy (non-hydrogen) atoms. The quantitative estimate of drug-likeness (QED) is 0.907. The van der Waals surface area contributed by atoms with E-state index in [1.165, 1.54) is 15.6 Å². The average molecular weight is 317 g/mol. The molecule has 1 saturated heterocycles. The topological polar surface area (TPSA) is 66.6 Å². The zero-order valence-corrected chi connectivity index (χ0v) is 13.9. The van der Waals surface area contributed by atoms with Gasteiger partial charge in [0.1, 0.15) is 4.90 Å². The molecule has 2 rings (SSSR count). The van der Waals surface area contributed by atoms with Crippen LogP contribution in [-0.4, -0.2) is 50.8 Å². The van der Waals surface area contributed by atoms with Gasteiger partial charge in [0.05, 0.1) is 0 Å². The highest BCUT2D eigenvalue weighted by molar-refractivity contribution is 7.89. The second kappa shape index (κ2) is 6.11. The Labute approximate surface area is 125 Å². The fraction of sp³-hybridized carbons (Fsp3) is 0.692. The standard InChI is InChI=1S/C13H23N3O2S2/c1-10-9-19-12(7-14)13(10)20(17,18)16(3)11-5-4-6-15(2)8-11/h9,11H,4-8,14H2,1-3H3. The molecule has 2 N–H and O–H groups in total. The van der Waals surface area contributed by atoms with Crippen LogP contribution in [0.25, 0.3) is 0 Å². The van der Waals surface area contributed by atoms with Crippen molar-refractivity contribution >= 4 is 21.4 Å². The number of sulfonamides is 1. The number of thiophene rings is 1. The number of likely N-dealkylation sites (N-methyl/N-ethyl adjacent to an activating group) is 2. The molecule has 1 atom stereocenters. The zero-order chi connectivity index (χ0) is 14.9. The Kier molecular flexibility index (Phi) is 4.86. The minimum absolute atomic E-state index is 0.0451. The van der Waals surface area contributed by atoms with Gasteiger partial charge in [-0.15, -0.1) is 11.3 Å². The van der Waals surface area contributed by atoms with E-state index in [0.717, 1.165) is 36.4 Å². The molecule has 1 aromatic rings. The number of hydrogen-bond donors (Lipinski definition) is 1. The van der Waals surface area contributed by atoms with Gasteiger partial charge in [-0.05, 0) is 44.3 Å². The van der Waals surface area contributed by atoms with Crippen molar-refractivity contribution in [3.05, 3.63) is 15.8 Å². The minimum Gasteiger partial charge on any atom is -0.326 e. The molecule has 5 nitrogen and oxygen atoms in total. The van der Waals surface area contributed by atoms with Gasteiger partial charge < -0.3 is 10.6 Å². The van der Waals surface area contributed by atoms with Crippen LogP contribution in [0.1, 0.15) is 23.3 Å². The number of rotatable bonds is 4. The molecule has 0 bridgehead atoms. The number of piperidine rings is 1. The van der Waals surface area contributed by atoms with E-state index in [1.54, 1.807) is 7.05 Å². The summed E-state index contributed by atoms with van der Waals surface area (Å²) in [5.74, 6) is 0. The van der Waals surface area contributed by atoms with Crippen LogP contribution in [0.2, 0.25) is 0 Å². The number of aryl methyl sites for hydroxylation is 1. The molecule has 0 aliphatic carbocycles. The van der Waals surface area contributed by atoms with E-state index in [1.807, 2.05) is 19.4 Å². The van der Waals surface area contributed by atoms with E-state index >= 15 is 0 Å². The Morgan fingerprint density at radius 3 is 2.85 bits per heavy atom. The van der Waals surface area contributed by atoms with Crippen LogP contribution in [0, 0.1) is 6.92 Å². The lowest BCUT2D eigenvalue weighted by Crippen LogP contribution is -2.47. The monoisotopic (exact) mass is 317 g/mol. The maximum absolute atomic E-state index is 12.9. The van der Waals surface area contributed by atoms with Gasteiger partial charge in [-0.25, -0.2) is 8.42 Å². The SMILES string of the molecule is Cc1csc(CN)c1S(=O)(=O)N(C)C1CCCN(C)C1. The summed E-state index contributed by atoms with van der Waals surface area (Å²) in [5, 5.41) is 1.87. The predicted octanol–water partition coefficient (Wildman–Crippen LogP) is 1.23. The normalized spacial score (nSPS) is 21.6. The lowest BCUT2D eigenvalue weighted by Gasteiger charge is -2.35. The number of nitrogens with zero attached hydrogens (tertiary/aromatic N) is 2. The van der Waals surface area contributed by atoms with Gasteiger partial charge in [-0.3, -0.25) is 0 Å². The first kappa shape index (κ1) is 15.9. The number of hydrogen-bond acceptors (Lipinski definition) is 5. The molecule has 114 valence electrons. The van der Waals surface area contributed by atoms with Crippen LogP contribution in [-0.2, 0) is 16.6 Å². The summed E-state index contributed by atoms with van der Waals surface area (Å²) in [6.45, 7) is 3.93. The van der Waals surface area contributed by atoms with Crippen molar-refractivity contribution in [3.8, 4) is 0 Å². The van der Waals surface area contributed by atoms with E-state index in [-0.39, 0.29) is 12.6 Å². The number of likely N-dealkylation sites (tertiary alicyclic amines) is 1. The maximum Gasteiger partial charge on any atom is 0.244 e. The van der Waals surface area contributed by atoms with Gasteiger partial charge in [0.15, 0.2) is 0 Å². The molecule has 0 amide bonds. The first-order valence-corrected chi connectivity index (χ1v) is 9.13. The molecule has 1 unspecified atom stereocenters. The van der Waals surface area contributed by atoms with Crippen LogP contribution in [0.5, 0.6) is 0 Å². The molecule has 1 aliphatic heterocycles. The van der Waals surface area contributed by atoms with Crippen LogP contribution >= 0.6 is 11.3 Å². The maximum atomic E-state index is 12.9. The highest BCUT2D eigenvalue weighted by atomic mass is 32.2. The molecule has 2 heterocycles. The van der Waals surface area contributed by atoms with Gasteiger partial charge in [-0.2, -0.15) is 4.31 Å². The molecular weight excluding hydrogens is 294 g/mol. The van der Waals surface area contributed by atoms with Crippen LogP contribution in [0.15, 0.2) is 10.3 Å². The van der Waals surface area contributed by atoms with Crippen molar-refractivity contribution in [1.29, 1.82) is 0 Å². The van der Waals surface area contributed by atoms with Crippen molar-refractivity contribution in [3.63, 3.8) is 0 Å². The van der Waals surface area contributed by atoms with Crippen molar-refractivity contribution in [1.82, 2.24) is 9.21 Å². The molecule has 1 aromatic heterocycles. The highest BCUT2D eigenvalue weighted by Crippen LogP contribution is 2.30. The summed E-state index contributed by atoms with van der Waals surface area (Å²) in [6, 6.07) is 0.0451. The summed E-state index contributed by atoms with van der Waals surface area (Å²) in [7, 11) is 0.271. The number of nitrogens with two attached hydrogens (primary N) is 1. The summed E-state index contributed by atoms with van der Waals surface area (Å²) < 4.78 is 27.3. The van der Waals surface area contributed by atoms with E-state index in [9.17, 15) is 8.42 Å². The van der Waals surface area contributed by atoms with Crippen LogP contribution in [0.3, 0.4) is 0 Å². The summed E-state index contributed by atoms with van der Waals surface area (Å²) in [4.78, 5) is 3.35. The van der Waals surface area contributed by atoms with E-state index in [4.69, 9.17) is 5.73 Å². The van der Waals surface area contributed by atoms with Gasteiger partial charge >= 0.3 is 0 Å². The van der Waals surface area contributed by atoms with Gasteiger partial charge in [0.25, 0.3) is 0 Å². The Hall–Kier alpha value is -0.470. The smallest absolute Gasteiger partial charge is 0.244 e. The molecule has 0 spiro atoms. The Morgan fingerprint density at radius 1 is 1.55 bits per heavy atom. The van der Waals surface area contributed by atoms with Crippen molar-refractivity contribution in [2.75, 3.05) is 27.2 Å². The van der Waals surface area contributed by atoms with Crippen molar-refractivity contribution < 1.29 is 8.42 Å². The minimum atomic E-state index is -3.46. The largest absolute Gasteiger partial charge is 0.326 e. The Balaban J connectivity index is 2.31. The third-order valence-electron chi connectivity index (χ3n) is 3.93. The summed E-state index contributed by atoms with van der Waals surface area (Å²) in [5.41, 5.74) is 6.48. The molecule has 7 heteroatoms. The first-order chi connectivity index (χ1) is 9.37. The summed E-state index contributed by atoms with van der Waals surface area (Å²) >= 11 is 1.43. The zero-order valence-electron chi connectivity index (χ0n) is 12.3. The Morgan fingerprint density at radius 2 is 2.25 bits per heavy atom. The second-order valence-corrected chi connectivity index (χ2v) is 8.35. The summed E-state index contributed by atoms with van der Waals surface area (Å²) in [6.07, 6.45) is 1.95. The fourth-order valence-corrected chi connectivity index (χ4v) is 5.78. The molecule has 0 aromatic carbocycles. The Bertz CT molecular complexity index is 568. The molecule has 1 aliphatic rings. The van der Waals surface area contributed by atoms with E-state index in [0.29, 0.717) is 4.90 Å². The molecule has 1 fully saturated rings. The van der Waals surface area contributed by atoms with Crippen molar-refractivity contribution in [2.45, 2.75) is 37.2 Å². The first-order valence-electron chi connectivity index (χ1n) is 6.81. The van der Waals surface area contributed by atoms with Gasteiger partial charge in [-0.1, -0.05) is 0 Å². The second-order valence-electron chi connectivity index (χ2n) is 5.45. The molecule has 0 saturated carbocycles. The third-order valence-corrected chi connectivity index (χ3v) is 7.32. The van der Waals surface area contributed by atoms with Gasteiger partial charge in [0.2, 0.25) is 10.0 Å². The predicted molar refractivity (Wildman–Crippen MR) is 82.4 cm³/mol.